The lowest BCUT2D eigenvalue weighted by molar-refractivity contribution is -0.0498. The van der Waals surface area contributed by atoms with Crippen molar-refractivity contribution in [2.24, 2.45) is 0 Å². The van der Waals surface area contributed by atoms with Gasteiger partial charge in [-0.1, -0.05) is 42.5 Å². The number of fused-ring (bicyclic) bond motifs is 1. The quantitative estimate of drug-likeness (QED) is 0.576. The molecule has 5 heteroatoms. The zero-order chi connectivity index (χ0) is 17.8. The Balaban J connectivity index is 1.85. The number of ketones is 1. The monoisotopic (exact) mass is 342 g/mol. The van der Waals surface area contributed by atoms with E-state index in [9.17, 15) is 13.6 Å². The molecule has 0 atom stereocenters. The predicted octanol–water partition coefficient (Wildman–Crippen LogP) is 5.22. The molecule has 0 unspecified atom stereocenters. The predicted molar refractivity (Wildman–Crippen MR) is 91.4 cm³/mol. The van der Waals surface area contributed by atoms with Crippen LogP contribution in [0.15, 0.2) is 60.7 Å². The SMILES string of the molecule is CC(=O)c1ccc2ccccc2c1OCc1ccc(OC(F)F)cc1. The lowest BCUT2D eigenvalue weighted by atomic mass is 10.0. The number of hydrogen-bond donors (Lipinski definition) is 0. The molecule has 0 fully saturated rings. The topological polar surface area (TPSA) is 35.5 Å². The fourth-order valence-electron chi connectivity index (χ4n) is 2.60. The van der Waals surface area contributed by atoms with Crippen LogP contribution >= 0.6 is 0 Å². The Morgan fingerprint density at radius 1 is 1.00 bits per heavy atom. The molecule has 3 rings (SSSR count). The van der Waals surface area contributed by atoms with Crippen LogP contribution in [0.2, 0.25) is 0 Å². The Morgan fingerprint density at radius 3 is 2.40 bits per heavy atom. The van der Waals surface area contributed by atoms with Gasteiger partial charge < -0.3 is 9.47 Å². The number of carbonyl (C=O) groups is 1. The van der Waals surface area contributed by atoms with Crippen molar-refractivity contribution in [2.75, 3.05) is 0 Å². The molecule has 0 N–H and O–H groups in total. The molecule has 3 nitrogen and oxygen atoms in total. The largest absolute Gasteiger partial charge is 0.487 e. The number of Topliss-reactive ketones (excluding diaryl/α,β-unsaturated/α-hetero) is 1. The van der Waals surface area contributed by atoms with Crippen molar-refractivity contribution in [3.05, 3.63) is 71.8 Å². The maximum absolute atomic E-state index is 12.2. The molecule has 0 aliphatic heterocycles. The van der Waals surface area contributed by atoms with Crippen LogP contribution in [0.4, 0.5) is 8.78 Å². The first kappa shape index (κ1) is 16.9. The number of carbonyl (C=O) groups excluding carboxylic acids is 1. The highest BCUT2D eigenvalue weighted by atomic mass is 19.3. The summed E-state index contributed by atoms with van der Waals surface area (Å²) in [5.74, 6) is 0.535. The van der Waals surface area contributed by atoms with Crippen molar-refractivity contribution in [3.8, 4) is 11.5 Å². The minimum atomic E-state index is -2.85. The average molecular weight is 342 g/mol. The number of rotatable bonds is 6. The van der Waals surface area contributed by atoms with Gasteiger partial charge in [0, 0.05) is 5.39 Å². The van der Waals surface area contributed by atoms with Crippen LogP contribution in [0, 0.1) is 0 Å². The van der Waals surface area contributed by atoms with Crippen LogP contribution in [0.5, 0.6) is 11.5 Å². The summed E-state index contributed by atoms with van der Waals surface area (Å²) in [7, 11) is 0. The zero-order valence-corrected chi connectivity index (χ0v) is 13.5. The van der Waals surface area contributed by atoms with Gasteiger partial charge in [-0.25, -0.2) is 0 Å². The van der Waals surface area contributed by atoms with Crippen LogP contribution in [-0.4, -0.2) is 12.4 Å². The van der Waals surface area contributed by atoms with E-state index in [-0.39, 0.29) is 18.1 Å². The Bertz CT molecular complexity index is 889. The molecule has 128 valence electrons. The van der Waals surface area contributed by atoms with Gasteiger partial charge in [0.25, 0.3) is 0 Å². The Hall–Kier alpha value is -2.95. The highest BCUT2D eigenvalue weighted by Gasteiger charge is 2.13. The molecule has 3 aromatic rings. The lowest BCUT2D eigenvalue weighted by Gasteiger charge is -2.13. The molecule has 25 heavy (non-hydrogen) atoms. The Kier molecular flexibility index (Phi) is 4.93. The third-order valence-electron chi connectivity index (χ3n) is 3.79. The second-order valence-electron chi connectivity index (χ2n) is 5.53. The van der Waals surface area contributed by atoms with E-state index in [0.717, 1.165) is 16.3 Å². The highest BCUT2D eigenvalue weighted by Crippen LogP contribution is 2.31. The van der Waals surface area contributed by atoms with Crippen LogP contribution < -0.4 is 9.47 Å². The number of halogens is 2. The summed E-state index contributed by atoms with van der Waals surface area (Å²) in [6, 6.07) is 17.5. The first-order valence-corrected chi connectivity index (χ1v) is 7.74. The standard InChI is InChI=1S/C20H16F2O3/c1-13(23)17-11-8-15-4-2-3-5-18(15)19(17)24-12-14-6-9-16(10-7-14)25-20(21)22/h2-11,20H,12H2,1H3. The molecular formula is C20H16F2O3. The van der Waals surface area contributed by atoms with Gasteiger partial charge >= 0.3 is 6.61 Å². The van der Waals surface area contributed by atoms with Gasteiger partial charge in [0.1, 0.15) is 18.1 Å². The zero-order valence-electron chi connectivity index (χ0n) is 13.5. The molecule has 0 aliphatic carbocycles. The maximum Gasteiger partial charge on any atom is 0.387 e. The summed E-state index contributed by atoms with van der Waals surface area (Å²) < 4.78 is 34.6. The second kappa shape index (κ2) is 7.30. The molecule has 0 aromatic heterocycles. The summed E-state index contributed by atoms with van der Waals surface area (Å²) in [6.07, 6.45) is 0. The number of benzene rings is 3. The normalized spacial score (nSPS) is 10.9. The van der Waals surface area contributed by atoms with Gasteiger partial charge in [0.15, 0.2) is 5.78 Å². The summed E-state index contributed by atoms with van der Waals surface area (Å²) in [6.45, 7) is -1.15. The third kappa shape index (κ3) is 3.94. The molecule has 0 saturated carbocycles. The number of ether oxygens (including phenoxy) is 2. The van der Waals surface area contributed by atoms with Crippen molar-refractivity contribution in [1.29, 1.82) is 0 Å². The van der Waals surface area contributed by atoms with Crippen LogP contribution in [0.25, 0.3) is 10.8 Å². The average Bonchev–Trinajstić information content (AvgIpc) is 2.60. The van der Waals surface area contributed by atoms with Crippen LogP contribution in [0.3, 0.4) is 0 Å². The smallest absolute Gasteiger partial charge is 0.387 e. The summed E-state index contributed by atoms with van der Waals surface area (Å²) >= 11 is 0. The number of alkyl halides is 2. The molecule has 0 spiro atoms. The Labute approximate surface area is 143 Å². The molecule has 0 bridgehead atoms. The van der Waals surface area contributed by atoms with E-state index < -0.39 is 6.61 Å². The number of hydrogen-bond acceptors (Lipinski definition) is 3. The van der Waals surface area contributed by atoms with Gasteiger partial charge in [0.05, 0.1) is 5.56 Å². The Morgan fingerprint density at radius 2 is 1.72 bits per heavy atom. The molecule has 0 saturated heterocycles. The molecule has 0 heterocycles. The van der Waals surface area contributed by atoms with Crippen LogP contribution in [-0.2, 0) is 6.61 Å². The first-order chi connectivity index (χ1) is 12.0. The highest BCUT2D eigenvalue weighted by molar-refractivity contribution is 6.03. The fourth-order valence-corrected chi connectivity index (χ4v) is 2.60. The van der Waals surface area contributed by atoms with E-state index in [1.54, 1.807) is 18.2 Å². The van der Waals surface area contributed by atoms with E-state index in [2.05, 4.69) is 4.74 Å². The summed E-state index contributed by atoms with van der Waals surface area (Å²) in [4.78, 5) is 11.9. The van der Waals surface area contributed by atoms with E-state index >= 15 is 0 Å². The third-order valence-corrected chi connectivity index (χ3v) is 3.79. The summed E-state index contributed by atoms with van der Waals surface area (Å²) in [5.41, 5.74) is 1.29. The van der Waals surface area contributed by atoms with Gasteiger partial charge in [-0.15, -0.1) is 0 Å². The van der Waals surface area contributed by atoms with Crippen molar-refractivity contribution in [1.82, 2.24) is 0 Å². The first-order valence-electron chi connectivity index (χ1n) is 7.74. The molecule has 0 aliphatic rings. The van der Waals surface area contributed by atoms with Crippen molar-refractivity contribution in [3.63, 3.8) is 0 Å². The van der Waals surface area contributed by atoms with Crippen LogP contribution in [0.1, 0.15) is 22.8 Å². The second-order valence-corrected chi connectivity index (χ2v) is 5.53. The lowest BCUT2D eigenvalue weighted by Crippen LogP contribution is -2.04. The van der Waals surface area contributed by atoms with Crippen molar-refractivity contribution < 1.29 is 23.0 Å². The van der Waals surface area contributed by atoms with E-state index in [0.29, 0.717) is 11.3 Å². The van der Waals surface area contributed by atoms with E-state index in [1.807, 2.05) is 30.3 Å². The summed E-state index contributed by atoms with van der Waals surface area (Å²) in [5, 5.41) is 1.83. The molecular weight excluding hydrogens is 326 g/mol. The fraction of sp³-hybridized carbons (Fsp3) is 0.150. The van der Waals surface area contributed by atoms with Gasteiger partial charge in [-0.3, -0.25) is 4.79 Å². The van der Waals surface area contributed by atoms with Gasteiger partial charge in [-0.2, -0.15) is 8.78 Å². The van der Waals surface area contributed by atoms with Gasteiger partial charge in [-0.05, 0) is 36.1 Å². The van der Waals surface area contributed by atoms with E-state index in [4.69, 9.17) is 4.74 Å². The molecule has 0 amide bonds. The minimum absolute atomic E-state index is 0.0820. The van der Waals surface area contributed by atoms with Crippen molar-refractivity contribution in [2.45, 2.75) is 20.1 Å². The maximum atomic E-state index is 12.2. The van der Waals surface area contributed by atoms with E-state index in [1.165, 1.54) is 19.1 Å². The van der Waals surface area contributed by atoms with Crippen molar-refractivity contribution >= 4 is 16.6 Å². The minimum Gasteiger partial charge on any atom is -0.487 e. The molecule has 3 aromatic carbocycles. The van der Waals surface area contributed by atoms with Gasteiger partial charge in [0.2, 0.25) is 0 Å². The molecule has 0 radical (unpaired) electrons.